The number of nitrogens with one attached hydrogen (secondary N) is 1. The Morgan fingerprint density at radius 1 is 1.25 bits per heavy atom. The Balaban J connectivity index is 2.00. The first-order valence-electron chi connectivity index (χ1n) is 5.38. The number of hydrogen-bond acceptors (Lipinski definition) is 4. The highest BCUT2D eigenvalue weighted by atomic mass is 32.1. The number of aromatic nitrogens is 1. The maximum atomic E-state index is 4.50. The van der Waals surface area contributed by atoms with Gasteiger partial charge in [0, 0.05) is 22.3 Å². The molecule has 2 heterocycles. The molecule has 0 bridgehead atoms. The Bertz CT molecular complexity index is 434. The SMILES string of the molecule is Cc1nc(C(C)N[C@H](C)c2cccs2)cs1. The molecule has 0 aliphatic rings. The molecule has 0 aliphatic carbocycles. The molecule has 2 rings (SSSR count). The van der Waals surface area contributed by atoms with Gasteiger partial charge in [-0.3, -0.25) is 0 Å². The number of aryl methyl sites for hydroxylation is 1. The summed E-state index contributed by atoms with van der Waals surface area (Å²) in [5.41, 5.74) is 1.14. The van der Waals surface area contributed by atoms with Crippen molar-refractivity contribution in [1.82, 2.24) is 10.3 Å². The van der Waals surface area contributed by atoms with Gasteiger partial charge < -0.3 is 5.32 Å². The highest BCUT2D eigenvalue weighted by molar-refractivity contribution is 7.10. The van der Waals surface area contributed by atoms with E-state index in [1.807, 2.05) is 6.92 Å². The first-order chi connectivity index (χ1) is 7.66. The summed E-state index contributed by atoms with van der Waals surface area (Å²) in [6.45, 7) is 6.41. The predicted molar refractivity (Wildman–Crippen MR) is 71.1 cm³/mol. The zero-order chi connectivity index (χ0) is 11.5. The van der Waals surface area contributed by atoms with E-state index in [2.05, 4.69) is 47.0 Å². The molecule has 0 fully saturated rings. The molecule has 0 aliphatic heterocycles. The third kappa shape index (κ3) is 2.70. The van der Waals surface area contributed by atoms with Crippen LogP contribution in [0.1, 0.15) is 41.5 Å². The average Bonchev–Trinajstić information content (AvgIpc) is 2.87. The molecule has 2 atom stereocenters. The molecule has 2 aromatic heterocycles. The highest BCUT2D eigenvalue weighted by Gasteiger charge is 2.13. The van der Waals surface area contributed by atoms with Gasteiger partial charge in [-0.15, -0.1) is 22.7 Å². The maximum absolute atomic E-state index is 4.50. The number of nitrogens with zero attached hydrogens (tertiary/aromatic N) is 1. The second kappa shape index (κ2) is 5.08. The van der Waals surface area contributed by atoms with Gasteiger partial charge in [-0.25, -0.2) is 4.98 Å². The topological polar surface area (TPSA) is 24.9 Å². The lowest BCUT2D eigenvalue weighted by atomic mass is 10.2. The van der Waals surface area contributed by atoms with Gasteiger partial charge in [0.2, 0.25) is 0 Å². The maximum Gasteiger partial charge on any atom is 0.0898 e. The van der Waals surface area contributed by atoms with Crippen LogP contribution >= 0.6 is 22.7 Å². The van der Waals surface area contributed by atoms with Crippen molar-refractivity contribution in [3.63, 3.8) is 0 Å². The number of thiazole rings is 1. The molecular weight excluding hydrogens is 236 g/mol. The smallest absolute Gasteiger partial charge is 0.0898 e. The minimum absolute atomic E-state index is 0.307. The van der Waals surface area contributed by atoms with E-state index in [1.54, 1.807) is 22.7 Å². The third-order valence-corrected chi connectivity index (χ3v) is 4.40. The summed E-state index contributed by atoms with van der Waals surface area (Å²) >= 11 is 3.50. The van der Waals surface area contributed by atoms with Gasteiger partial charge in [-0.2, -0.15) is 0 Å². The Morgan fingerprint density at radius 3 is 2.62 bits per heavy atom. The zero-order valence-corrected chi connectivity index (χ0v) is 11.4. The summed E-state index contributed by atoms with van der Waals surface area (Å²) in [5.74, 6) is 0. The van der Waals surface area contributed by atoms with E-state index in [9.17, 15) is 0 Å². The Labute approximate surface area is 104 Å². The zero-order valence-electron chi connectivity index (χ0n) is 9.73. The van der Waals surface area contributed by atoms with E-state index in [1.165, 1.54) is 4.88 Å². The van der Waals surface area contributed by atoms with Crippen LogP contribution in [0.15, 0.2) is 22.9 Å². The van der Waals surface area contributed by atoms with Crippen molar-refractivity contribution in [3.8, 4) is 0 Å². The van der Waals surface area contributed by atoms with Crippen molar-refractivity contribution >= 4 is 22.7 Å². The minimum atomic E-state index is 0.307. The van der Waals surface area contributed by atoms with Gasteiger partial charge in [-0.1, -0.05) is 6.07 Å². The van der Waals surface area contributed by atoms with Gasteiger partial charge in [-0.05, 0) is 32.2 Å². The molecular formula is C12H16N2S2. The van der Waals surface area contributed by atoms with E-state index < -0.39 is 0 Å². The summed E-state index contributed by atoms with van der Waals surface area (Å²) in [7, 11) is 0. The third-order valence-electron chi connectivity index (χ3n) is 2.55. The van der Waals surface area contributed by atoms with Crippen molar-refractivity contribution in [2.45, 2.75) is 32.9 Å². The summed E-state index contributed by atoms with van der Waals surface area (Å²) in [4.78, 5) is 5.88. The Hall–Kier alpha value is -0.710. The molecule has 2 aromatic rings. The average molecular weight is 252 g/mol. The normalized spacial score (nSPS) is 14.9. The number of rotatable bonds is 4. The summed E-state index contributed by atoms with van der Waals surface area (Å²) in [6.07, 6.45) is 0. The lowest BCUT2D eigenvalue weighted by molar-refractivity contribution is 0.492. The highest BCUT2D eigenvalue weighted by Crippen LogP contribution is 2.23. The standard InChI is InChI=1S/C12H16N2S2/c1-8(11-7-16-10(3)14-11)13-9(2)12-5-4-6-15-12/h4-9,13H,1-3H3/t8?,9-/m1/s1. The first-order valence-corrected chi connectivity index (χ1v) is 7.14. The van der Waals surface area contributed by atoms with Crippen LogP contribution in [-0.4, -0.2) is 4.98 Å². The first kappa shape index (κ1) is 11.8. The molecule has 1 N–H and O–H groups in total. The van der Waals surface area contributed by atoms with Gasteiger partial charge in [0.1, 0.15) is 0 Å². The lowest BCUT2D eigenvalue weighted by Gasteiger charge is -2.17. The monoisotopic (exact) mass is 252 g/mol. The van der Waals surface area contributed by atoms with E-state index in [0.29, 0.717) is 12.1 Å². The molecule has 0 saturated heterocycles. The summed E-state index contributed by atoms with van der Waals surface area (Å²) in [6, 6.07) is 4.95. The Morgan fingerprint density at radius 2 is 2.06 bits per heavy atom. The predicted octanol–water partition coefficient (Wildman–Crippen LogP) is 3.92. The quantitative estimate of drug-likeness (QED) is 0.892. The van der Waals surface area contributed by atoms with Crippen LogP contribution in [0.4, 0.5) is 0 Å². The molecule has 86 valence electrons. The minimum Gasteiger partial charge on any atom is -0.301 e. The Kier molecular flexibility index (Phi) is 3.74. The molecule has 2 nitrogen and oxygen atoms in total. The van der Waals surface area contributed by atoms with E-state index in [0.717, 1.165) is 10.7 Å². The second-order valence-corrected chi connectivity index (χ2v) is 5.96. The molecule has 1 unspecified atom stereocenters. The van der Waals surface area contributed by atoms with Crippen LogP contribution in [0.5, 0.6) is 0 Å². The van der Waals surface area contributed by atoms with E-state index in [4.69, 9.17) is 0 Å². The summed E-state index contributed by atoms with van der Waals surface area (Å²) in [5, 5.41) is 8.95. The van der Waals surface area contributed by atoms with E-state index in [-0.39, 0.29) is 0 Å². The van der Waals surface area contributed by atoms with Crippen LogP contribution in [0.25, 0.3) is 0 Å². The van der Waals surface area contributed by atoms with Crippen LogP contribution in [0, 0.1) is 6.92 Å². The van der Waals surface area contributed by atoms with Gasteiger partial charge in [0.25, 0.3) is 0 Å². The fourth-order valence-corrected chi connectivity index (χ4v) is 3.11. The van der Waals surface area contributed by atoms with Crippen LogP contribution in [-0.2, 0) is 0 Å². The van der Waals surface area contributed by atoms with Crippen molar-refractivity contribution in [2.75, 3.05) is 0 Å². The van der Waals surface area contributed by atoms with Crippen LogP contribution in [0.2, 0.25) is 0 Å². The molecule has 0 radical (unpaired) electrons. The van der Waals surface area contributed by atoms with Crippen molar-refractivity contribution < 1.29 is 0 Å². The van der Waals surface area contributed by atoms with Gasteiger partial charge >= 0.3 is 0 Å². The van der Waals surface area contributed by atoms with E-state index >= 15 is 0 Å². The number of hydrogen-bond donors (Lipinski definition) is 1. The second-order valence-electron chi connectivity index (χ2n) is 3.92. The van der Waals surface area contributed by atoms with Crippen molar-refractivity contribution in [1.29, 1.82) is 0 Å². The molecule has 0 aromatic carbocycles. The van der Waals surface area contributed by atoms with Crippen molar-refractivity contribution in [3.05, 3.63) is 38.5 Å². The van der Waals surface area contributed by atoms with Crippen LogP contribution < -0.4 is 5.32 Å². The fraction of sp³-hybridized carbons (Fsp3) is 0.417. The number of thiophene rings is 1. The molecule has 16 heavy (non-hydrogen) atoms. The molecule has 0 amide bonds. The molecule has 0 spiro atoms. The van der Waals surface area contributed by atoms with Crippen LogP contribution in [0.3, 0.4) is 0 Å². The summed E-state index contributed by atoms with van der Waals surface area (Å²) < 4.78 is 0. The van der Waals surface area contributed by atoms with Gasteiger partial charge in [0.15, 0.2) is 0 Å². The molecule has 4 heteroatoms. The largest absolute Gasteiger partial charge is 0.301 e. The molecule has 0 saturated carbocycles. The fourth-order valence-electron chi connectivity index (χ4n) is 1.66. The lowest BCUT2D eigenvalue weighted by Crippen LogP contribution is -2.22. The van der Waals surface area contributed by atoms with Gasteiger partial charge in [0.05, 0.1) is 10.7 Å². The van der Waals surface area contributed by atoms with Crippen molar-refractivity contribution in [2.24, 2.45) is 0 Å².